The molecule has 3 heterocycles. The first-order valence-corrected chi connectivity index (χ1v) is 11.7. The summed E-state index contributed by atoms with van der Waals surface area (Å²) < 4.78 is 7.51. The fraction of sp³-hybridized carbons (Fsp3) is 0.462. The van der Waals surface area contributed by atoms with Crippen molar-refractivity contribution in [2.45, 2.75) is 77.4 Å². The number of fused-ring (bicyclic) bond motifs is 3. The first-order valence-electron chi connectivity index (χ1n) is 11.7. The van der Waals surface area contributed by atoms with Crippen LogP contribution < -0.4 is 10.2 Å². The van der Waals surface area contributed by atoms with Crippen LogP contribution in [-0.2, 0) is 11.3 Å². The van der Waals surface area contributed by atoms with Crippen molar-refractivity contribution < 1.29 is 14.0 Å². The van der Waals surface area contributed by atoms with Gasteiger partial charge in [-0.05, 0) is 50.8 Å². The number of aryl methyl sites for hydroxylation is 1. The third kappa shape index (κ3) is 3.24. The van der Waals surface area contributed by atoms with Crippen LogP contribution >= 0.6 is 0 Å². The molecule has 1 aliphatic heterocycles. The minimum absolute atomic E-state index is 0.0883. The molecule has 1 N–H and O–H groups in total. The smallest absolute Gasteiger partial charge is 0.276 e. The maximum atomic E-state index is 13.9. The van der Waals surface area contributed by atoms with E-state index < -0.39 is 5.54 Å². The average molecular weight is 434 g/mol. The van der Waals surface area contributed by atoms with Gasteiger partial charge in [0.1, 0.15) is 11.2 Å². The van der Waals surface area contributed by atoms with Crippen LogP contribution in [0.2, 0.25) is 0 Å². The zero-order valence-corrected chi connectivity index (χ0v) is 19.1. The van der Waals surface area contributed by atoms with Gasteiger partial charge in [0.2, 0.25) is 5.91 Å². The number of nitrogens with one attached hydrogen (secondary N) is 1. The summed E-state index contributed by atoms with van der Waals surface area (Å²) in [5.74, 6) is -0.260. The number of carbonyl (C=O) groups excluding carboxylic acids is 2. The van der Waals surface area contributed by atoms with E-state index in [0.29, 0.717) is 17.8 Å². The van der Waals surface area contributed by atoms with Gasteiger partial charge in [0.25, 0.3) is 5.91 Å². The Kier molecular flexibility index (Phi) is 5.11. The predicted octanol–water partition coefficient (Wildman–Crippen LogP) is 5.11. The van der Waals surface area contributed by atoms with Gasteiger partial charge in [-0.1, -0.05) is 37.8 Å². The topological polar surface area (TPSA) is 67.5 Å². The molecular formula is C26H31N3O3. The number of anilines is 1. The lowest BCUT2D eigenvalue weighted by molar-refractivity contribution is -0.127. The van der Waals surface area contributed by atoms with Gasteiger partial charge >= 0.3 is 0 Å². The standard InChI is InChI=1S/C26H31N3O3/c1-17-9-8-12-20(18(17)2)29-24(30)22-15-23-21(13-14-32-23)28(22)16-26(29,3)25(31)27-19-10-6-4-5-7-11-19/h8-9,12-15,19H,4-7,10-11,16H2,1-3H3,(H,27,31)/t26-/m1/s1. The lowest BCUT2D eigenvalue weighted by Crippen LogP contribution is -2.65. The highest BCUT2D eigenvalue weighted by Crippen LogP contribution is 2.38. The first kappa shape index (κ1) is 20.9. The second-order valence-electron chi connectivity index (χ2n) is 9.58. The number of rotatable bonds is 3. The minimum atomic E-state index is -1.06. The molecule has 0 unspecified atom stereocenters. The molecule has 1 saturated carbocycles. The Labute approximate surface area is 188 Å². The van der Waals surface area contributed by atoms with Crippen LogP contribution in [0.5, 0.6) is 0 Å². The number of hydrogen-bond acceptors (Lipinski definition) is 3. The van der Waals surface area contributed by atoms with E-state index in [2.05, 4.69) is 5.32 Å². The number of nitrogens with zero attached hydrogens (tertiary/aromatic N) is 2. The lowest BCUT2D eigenvalue weighted by atomic mass is 9.91. The molecule has 2 amide bonds. The van der Waals surface area contributed by atoms with Crippen LogP contribution in [0.3, 0.4) is 0 Å². The first-order chi connectivity index (χ1) is 15.4. The normalized spacial score (nSPS) is 22.1. The van der Waals surface area contributed by atoms with E-state index in [1.165, 1.54) is 12.8 Å². The van der Waals surface area contributed by atoms with Crippen LogP contribution in [0.15, 0.2) is 41.0 Å². The van der Waals surface area contributed by atoms with Crippen molar-refractivity contribution in [2.24, 2.45) is 0 Å². The zero-order valence-electron chi connectivity index (χ0n) is 19.1. The van der Waals surface area contributed by atoms with E-state index in [0.717, 1.165) is 48.0 Å². The molecule has 0 bridgehead atoms. The van der Waals surface area contributed by atoms with Gasteiger partial charge in [-0.25, -0.2) is 0 Å². The number of benzene rings is 1. The Bertz CT molecular complexity index is 1180. The summed E-state index contributed by atoms with van der Waals surface area (Å²) in [6.07, 6.45) is 8.35. The molecule has 5 rings (SSSR count). The van der Waals surface area contributed by atoms with Crippen molar-refractivity contribution in [3.05, 3.63) is 53.4 Å². The van der Waals surface area contributed by atoms with Crippen LogP contribution in [-0.4, -0.2) is 28.0 Å². The molecule has 168 valence electrons. The Morgan fingerprint density at radius 3 is 2.62 bits per heavy atom. The second kappa shape index (κ2) is 7.84. The number of amides is 2. The monoisotopic (exact) mass is 433 g/mol. The molecule has 1 fully saturated rings. The van der Waals surface area contributed by atoms with E-state index in [9.17, 15) is 9.59 Å². The van der Waals surface area contributed by atoms with Crippen molar-refractivity contribution >= 4 is 28.6 Å². The lowest BCUT2D eigenvalue weighted by Gasteiger charge is -2.45. The highest BCUT2D eigenvalue weighted by molar-refractivity contribution is 6.14. The molecule has 1 aliphatic carbocycles. The van der Waals surface area contributed by atoms with Crippen LogP contribution in [0.4, 0.5) is 5.69 Å². The third-order valence-corrected chi connectivity index (χ3v) is 7.40. The predicted molar refractivity (Wildman–Crippen MR) is 125 cm³/mol. The largest absolute Gasteiger partial charge is 0.463 e. The SMILES string of the molecule is Cc1cccc(N2C(=O)c3cc4occc4n3C[C@]2(C)C(=O)NC2CCCCCC2)c1C. The number of carbonyl (C=O) groups is 2. The maximum absolute atomic E-state index is 13.9. The molecule has 2 aromatic heterocycles. The summed E-state index contributed by atoms with van der Waals surface area (Å²) >= 11 is 0. The minimum Gasteiger partial charge on any atom is -0.463 e. The van der Waals surface area contributed by atoms with Crippen molar-refractivity contribution in [1.82, 2.24) is 9.88 Å². The molecule has 2 aliphatic rings. The van der Waals surface area contributed by atoms with Crippen molar-refractivity contribution in [3.63, 3.8) is 0 Å². The molecule has 0 radical (unpaired) electrons. The van der Waals surface area contributed by atoms with E-state index in [1.807, 2.05) is 49.6 Å². The molecule has 32 heavy (non-hydrogen) atoms. The van der Waals surface area contributed by atoms with E-state index >= 15 is 0 Å². The molecule has 0 saturated heterocycles. The Hall–Kier alpha value is -3.02. The number of hydrogen-bond donors (Lipinski definition) is 1. The molecule has 0 spiro atoms. The van der Waals surface area contributed by atoms with Gasteiger partial charge in [-0.3, -0.25) is 14.5 Å². The summed E-state index contributed by atoms with van der Waals surface area (Å²) in [7, 11) is 0. The van der Waals surface area contributed by atoms with Crippen LogP contribution in [0, 0.1) is 13.8 Å². The highest BCUT2D eigenvalue weighted by atomic mass is 16.3. The van der Waals surface area contributed by atoms with Crippen molar-refractivity contribution in [2.75, 3.05) is 4.90 Å². The van der Waals surface area contributed by atoms with Gasteiger partial charge in [-0.15, -0.1) is 0 Å². The maximum Gasteiger partial charge on any atom is 0.276 e. The average Bonchev–Trinajstić information content (AvgIpc) is 3.26. The fourth-order valence-corrected chi connectivity index (χ4v) is 5.33. The van der Waals surface area contributed by atoms with Gasteiger partial charge in [0.05, 0.1) is 18.3 Å². The molecule has 6 heteroatoms. The highest BCUT2D eigenvalue weighted by Gasteiger charge is 2.49. The summed E-state index contributed by atoms with van der Waals surface area (Å²) in [6, 6.07) is 9.75. The molecule has 6 nitrogen and oxygen atoms in total. The van der Waals surface area contributed by atoms with Crippen LogP contribution in [0.1, 0.15) is 67.1 Å². The van der Waals surface area contributed by atoms with Gasteiger partial charge in [0.15, 0.2) is 5.58 Å². The fourth-order valence-electron chi connectivity index (χ4n) is 5.33. The Balaban J connectivity index is 1.61. The molecule has 1 aromatic carbocycles. The summed E-state index contributed by atoms with van der Waals surface area (Å²) in [6.45, 7) is 6.32. The number of aromatic nitrogens is 1. The summed E-state index contributed by atoms with van der Waals surface area (Å²) in [5.41, 5.74) is 3.91. The van der Waals surface area contributed by atoms with Gasteiger partial charge in [0, 0.05) is 23.9 Å². The molecule has 3 aromatic rings. The van der Waals surface area contributed by atoms with E-state index in [1.54, 1.807) is 17.2 Å². The molecule has 1 atom stereocenters. The van der Waals surface area contributed by atoms with Crippen LogP contribution in [0.25, 0.3) is 11.1 Å². The summed E-state index contributed by atoms with van der Waals surface area (Å²) in [4.78, 5) is 29.5. The Morgan fingerprint density at radius 1 is 1.12 bits per heavy atom. The summed E-state index contributed by atoms with van der Waals surface area (Å²) in [5, 5.41) is 3.32. The second-order valence-corrected chi connectivity index (χ2v) is 9.58. The van der Waals surface area contributed by atoms with E-state index in [4.69, 9.17) is 4.42 Å². The van der Waals surface area contributed by atoms with Crippen molar-refractivity contribution in [1.29, 1.82) is 0 Å². The quantitative estimate of drug-likeness (QED) is 0.584. The van der Waals surface area contributed by atoms with Gasteiger partial charge in [-0.2, -0.15) is 0 Å². The Morgan fingerprint density at radius 2 is 1.88 bits per heavy atom. The molecular weight excluding hydrogens is 402 g/mol. The van der Waals surface area contributed by atoms with Gasteiger partial charge < -0.3 is 14.3 Å². The van der Waals surface area contributed by atoms with Crippen molar-refractivity contribution in [3.8, 4) is 0 Å². The number of furan rings is 1. The third-order valence-electron chi connectivity index (χ3n) is 7.40. The zero-order chi connectivity index (χ0) is 22.5. The van der Waals surface area contributed by atoms with E-state index in [-0.39, 0.29) is 17.9 Å².